The van der Waals surface area contributed by atoms with E-state index in [0.29, 0.717) is 0 Å². The number of halogens is 9. The molecular weight excluding hydrogens is 544 g/mol. The summed E-state index contributed by atoms with van der Waals surface area (Å²) in [5.41, 5.74) is 2.71. The fraction of sp³-hybridized carbons (Fsp3) is 0.158. The summed E-state index contributed by atoms with van der Waals surface area (Å²) in [6, 6.07) is 9.52. The molecule has 0 spiro atoms. The van der Waals surface area contributed by atoms with Crippen LogP contribution in [0.4, 0.5) is 46.5 Å². The third-order valence-corrected chi connectivity index (χ3v) is 4.08. The Morgan fingerprint density at radius 1 is 0.794 bits per heavy atom. The molecule has 6 nitrogen and oxygen atoms in total. The fourth-order valence-electron chi connectivity index (χ4n) is 1.75. The molecule has 0 atom stereocenters. The maximum absolute atomic E-state index is 12.9. The van der Waals surface area contributed by atoms with Crippen molar-refractivity contribution in [2.24, 2.45) is 10.2 Å². The van der Waals surface area contributed by atoms with E-state index in [4.69, 9.17) is 10.5 Å². The smallest absolute Gasteiger partial charge is 0.278 e. The Morgan fingerprint density at radius 2 is 1.21 bits per heavy atom. The molecule has 0 saturated carbocycles. The van der Waals surface area contributed by atoms with Crippen LogP contribution in [0.1, 0.15) is 18.1 Å². The van der Waals surface area contributed by atoms with Crippen LogP contribution in [0.3, 0.4) is 0 Å². The number of nitrogens with zero attached hydrogens (tertiary/aromatic N) is 4. The molecule has 2 aromatic rings. The standard InChI is InChI=1S/C10H7F4N3.C9H4BrF4N3/c1-6(10(12,13)14)16-17-8-2-3-9(11)7(4-8)5-15;10-8(9(12,13)14)17-16-6-1-2-7(11)5(3-6)4-15/h2-4,17H,1H3;1-3,16H/b16-6+;17-8-. The van der Waals surface area contributed by atoms with Gasteiger partial charge in [-0.15, -0.1) is 0 Å². The second-order valence-corrected chi connectivity index (χ2v) is 6.68. The molecule has 2 N–H and O–H groups in total. The summed E-state index contributed by atoms with van der Waals surface area (Å²) in [7, 11) is 0. The predicted molar refractivity (Wildman–Crippen MR) is 111 cm³/mol. The summed E-state index contributed by atoms with van der Waals surface area (Å²) < 4.78 is 96.8. The van der Waals surface area contributed by atoms with Gasteiger partial charge < -0.3 is 0 Å². The van der Waals surface area contributed by atoms with Gasteiger partial charge >= 0.3 is 12.4 Å². The van der Waals surface area contributed by atoms with E-state index < -0.39 is 34.3 Å². The van der Waals surface area contributed by atoms with Gasteiger partial charge in [-0.05, 0) is 59.3 Å². The maximum Gasteiger partial charge on any atom is 0.441 e. The molecule has 0 aliphatic carbocycles. The number of nitriles is 2. The minimum atomic E-state index is -4.61. The van der Waals surface area contributed by atoms with E-state index in [9.17, 15) is 35.1 Å². The van der Waals surface area contributed by atoms with Crippen LogP contribution in [0.2, 0.25) is 0 Å². The van der Waals surface area contributed by atoms with Crippen LogP contribution in [-0.4, -0.2) is 22.7 Å². The van der Waals surface area contributed by atoms with Crippen molar-refractivity contribution in [2.75, 3.05) is 10.9 Å². The average molecular weight is 555 g/mol. The first-order valence-electron chi connectivity index (χ1n) is 8.52. The molecule has 0 unspecified atom stereocenters. The third-order valence-electron chi connectivity index (χ3n) is 3.45. The molecule has 0 aliphatic heterocycles. The van der Waals surface area contributed by atoms with Gasteiger partial charge in [-0.2, -0.15) is 47.1 Å². The second-order valence-electron chi connectivity index (χ2n) is 5.93. The SMILES string of the molecule is C/C(=N\Nc1ccc(F)c(C#N)c1)C(F)(F)F.N#Cc1cc(N/N=C(\Br)C(F)(F)F)ccc1F. The average Bonchev–Trinajstić information content (AvgIpc) is 2.76. The molecule has 0 radical (unpaired) electrons. The topological polar surface area (TPSA) is 96.4 Å². The number of nitrogens with one attached hydrogen (secondary N) is 2. The molecule has 2 rings (SSSR count). The molecule has 0 fully saturated rings. The molecule has 0 heterocycles. The van der Waals surface area contributed by atoms with E-state index in [0.717, 1.165) is 37.3 Å². The van der Waals surface area contributed by atoms with Gasteiger partial charge in [0.15, 0.2) is 0 Å². The highest BCUT2D eigenvalue weighted by Gasteiger charge is 2.34. The van der Waals surface area contributed by atoms with Crippen molar-refractivity contribution in [3.05, 3.63) is 59.2 Å². The van der Waals surface area contributed by atoms with E-state index in [1.807, 2.05) is 0 Å². The summed E-state index contributed by atoms with van der Waals surface area (Å²) in [6.07, 6.45) is -9.13. The molecule has 0 amide bonds. The van der Waals surface area contributed by atoms with Crippen LogP contribution in [0.15, 0.2) is 46.6 Å². The number of hydrogen-bond donors (Lipinski definition) is 2. The van der Waals surface area contributed by atoms with Crippen molar-refractivity contribution in [2.45, 2.75) is 19.3 Å². The molecule has 0 aliphatic rings. The van der Waals surface area contributed by atoms with Gasteiger partial charge in [0.1, 0.15) is 29.5 Å². The second kappa shape index (κ2) is 11.9. The highest BCUT2D eigenvalue weighted by molar-refractivity contribution is 9.18. The molecule has 15 heteroatoms. The van der Waals surface area contributed by atoms with Crippen molar-refractivity contribution < 1.29 is 35.1 Å². The first kappa shape index (κ1) is 28.3. The first-order valence-corrected chi connectivity index (χ1v) is 9.31. The zero-order valence-electron chi connectivity index (χ0n) is 16.7. The Hall–Kier alpha value is -3.72. The highest BCUT2D eigenvalue weighted by Crippen LogP contribution is 2.22. The monoisotopic (exact) mass is 554 g/mol. The molecule has 0 bridgehead atoms. The summed E-state index contributed by atoms with van der Waals surface area (Å²) in [5.74, 6) is -1.49. The van der Waals surface area contributed by atoms with Gasteiger partial charge in [-0.25, -0.2) is 8.78 Å². The Bertz CT molecular complexity index is 1070. The molecule has 2 aromatic carbocycles. The number of rotatable bonds is 4. The molecule has 0 aromatic heterocycles. The number of alkyl halides is 6. The largest absolute Gasteiger partial charge is 0.441 e. The summed E-state index contributed by atoms with van der Waals surface area (Å²) in [4.78, 5) is 0. The van der Waals surface area contributed by atoms with Crippen LogP contribution < -0.4 is 10.9 Å². The lowest BCUT2D eigenvalue weighted by atomic mass is 10.2. The van der Waals surface area contributed by atoms with Crippen molar-refractivity contribution >= 4 is 37.6 Å². The lowest BCUT2D eigenvalue weighted by molar-refractivity contribution is -0.0594. The van der Waals surface area contributed by atoms with Gasteiger partial charge in [0.05, 0.1) is 22.5 Å². The minimum Gasteiger partial charge on any atom is -0.278 e. The third kappa shape index (κ3) is 9.03. The van der Waals surface area contributed by atoms with E-state index in [1.54, 1.807) is 12.1 Å². The van der Waals surface area contributed by atoms with Gasteiger partial charge in [-0.3, -0.25) is 10.9 Å². The quantitative estimate of drug-likeness (QED) is 0.258. The Kier molecular flexibility index (Phi) is 9.95. The zero-order valence-corrected chi connectivity index (χ0v) is 18.2. The van der Waals surface area contributed by atoms with E-state index >= 15 is 0 Å². The van der Waals surface area contributed by atoms with Gasteiger partial charge in [0, 0.05) is 0 Å². The number of hydrazone groups is 2. The van der Waals surface area contributed by atoms with Crippen LogP contribution in [0, 0.1) is 34.3 Å². The first-order chi connectivity index (χ1) is 15.7. The number of anilines is 2. The minimum absolute atomic E-state index is 0.0733. The predicted octanol–water partition coefficient (Wildman–Crippen LogP) is 6.43. The van der Waals surface area contributed by atoms with E-state index in [1.165, 1.54) is 6.07 Å². The molecule has 0 saturated heterocycles. The van der Waals surface area contributed by atoms with Crippen LogP contribution in [0.5, 0.6) is 0 Å². The lowest BCUT2D eigenvalue weighted by Crippen LogP contribution is -2.20. The van der Waals surface area contributed by atoms with Crippen LogP contribution >= 0.6 is 15.9 Å². The molecule has 180 valence electrons. The Labute approximate surface area is 195 Å². The van der Waals surface area contributed by atoms with Crippen LogP contribution in [0.25, 0.3) is 0 Å². The maximum atomic E-state index is 12.9. The summed E-state index contributed by atoms with van der Waals surface area (Å²) >= 11 is 2.23. The van der Waals surface area contributed by atoms with Crippen molar-refractivity contribution in [3.8, 4) is 12.1 Å². The normalized spacial score (nSPS) is 12.1. The van der Waals surface area contributed by atoms with Crippen molar-refractivity contribution in [1.82, 2.24) is 0 Å². The lowest BCUT2D eigenvalue weighted by Gasteiger charge is -2.06. The van der Waals surface area contributed by atoms with Crippen molar-refractivity contribution in [1.29, 1.82) is 10.5 Å². The molecular formula is C19H11BrF8N6. The zero-order chi connectivity index (χ0) is 26.1. The number of hydrogen-bond acceptors (Lipinski definition) is 6. The summed E-state index contributed by atoms with van der Waals surface area (Å²) in [6.45, 7) is 0.793. The number of benzene rings is 2. The highest BCUT2D eigenvalue weighted by atomic mass is 79.9. The molecule has 34 heavy (non-hydrogen) atoms. The van der Waals surface area contributed by atoms with Gasteiger partial charge in [0.2, 0.25) is 4.62 Å². The van der Waals surface area contributed by atoms with Crippen LogP contribution in [-0.2, 0) is 0 Å². The van der Waals surface area contributed by atoms with Crippen molar-refractivity contribution in [3.63, 3.8) is 0 Å². The van der Waals surface area contributed by atoms with E-state index in [2.05, 4.69) is 37.0 Å². The van der Waals surface area contributed by atoms with Gasteiger partial charge in [-0.1, -0.05) is 0 Å². The van der Waals surface area contributed by atoms with Gasteiger partial charge in [0.25, 0.3) is 0 Å². The Balaban J connectivity index is 0.000000340. The fourth-order valence-corrected chi connectivity index (χ4v) is 1.84. The Morgan fingerprint density at radius 3 is 1.56 bits per heavy atom. The van der Waals surface area contributed by atoms with E-state index in [-0.39, 0.29) is 22.5 Å². The summed E-state index contributed by atoms with van der Waals surface area (Å²) in [5, 5.41) is 23.1.